The normalized spacial score (nSPS) is 21.6. The summed E-state index contributed by atoms with van der Waals surface area (Å²) < 4.78 is 73.5. The Morgan fingerprint density at radius 3 is 2.70 bits per heavy atom. The van der Waals surface area contributed by atoms with Crippen molar-refractivity contribution in [2.24, 2.45) is 5.92 Å². The van der Waals surface area contributed by atoms with E-state index in [0.717, 1.165) is 18.3 Å². The molecule has 0 aliphatic carbocycles. The van der Waals surface area contributed by atoms with Crippen LogP contribution in [-0.2, 0) is 4.79 Å². The summed E-state index contributed by atoms with van der Waals surface area (Å²) in [5, 5.41) is 2.29. The van der Waals surface area contributed by atoms with Crippen molar-refractivity contribution in [3.63, 3.8) is 0 Å². The molecule has 152 valence electrons. The van der Waals surface area contributed by atoms with Gasteiger partial charge in [0.05, 0.1) is 0 Å². The van der Waals surface area contributed by atoms with Gasteiger partial charge in [-0.15, -0.1) is 13.2 Å². The molecule has 0 spiro atoms. The Bertz CT molecular complexity index is 656. The third-order valence-electron chi connectivity index (χ3n) is 4.11. The van der Waals surface area contributed by atoms with Crippen LogP contribution in [0.1, 0.15) is 13.3 Å². The number of amides is 1. The van der Waals surface area contributed by atoms with Gasteiger partial charge in [0, 0.05) is 18.8 Å². The molecule has 0 bridgehead atoms. The predicted octanol–water partition coefficient (Wildman–Crippen LogP) is 2.45. The molecule has 0 radical (unpaired) electrons. The number of likely N-dealkylation sites (tertiary alicyclic amines) is 1. The third kappa shape index (κ3) is 6.19. The molecule has 27 heavy (non-hydrogen) atoms. The number of hydrogen-bond acceptors (Lipinski definition) is 5. The van der Waals surface area contributed by atoms with Gasteiger partial charge in [-0.05, 0) is 38.1 Å². The molecule has 2 atom stereocenters. The van der Waals surface area contributed by atoms with Gasteiger partial charge in [0.1, 0.15) is 0 Å². The zero-order valence-corrected chi connectivity index (χ0v) is 14.7. The number of ether oxygens (including phenoxy) is 2. The maximum atomic E-state index is 14.1. The first-order valence-corrected chi connectivity index (χ1v) is 8.19. The largest absolute Gasteiger partial charge is 0.573 e. The number of nitrogens with zero attached hydrogens (tertiary/aromatic N) is 2. The summed E-state index contributed by atoms with van der Waals surface area (Å²) in [5.41, 5.74) is 0. The minimum absolute atomic E-state index is 0.0213. The average Bonchev–Trinajstić information content (AvgIpc) is 2.55. The second kappa shape index (κ2) is 8.24. The maximum Gasteiger partial charge on any atom is 0.573 e. The summed E-state index contributed by atoms with van der Waals surface area (Å²) in [7, 11) is 1.89. The van der Waals surface area contributed by atoms with E-state index >= 15 is 0 Å². The first kappa shape index (κ1) is 21.1. The Morgan fingerprint density at radius 1 is 1.37 bits per heavy atom. The number of nitrogens with one attached hydrogen (secondary N) is 1. The highest BCUT2D eigenvalue weighted by Crippen LogP contribution is 2.31. The third-order valence-corrected chi connectivity index (χ3v) is 4.11. The lowest BCUT2D eigenvalue weighted by Gasteiger charge is -2.35. The van der Waals surface area contributed by atoms with Crippen molar-refractivity contribution in [3.8, 4) is 11.6 Å². The maximum absolute atomic E-state index is 14.1. The van der Waals surface area contributed by atoms with Gasteiger partial charge in [-0.1, -0.05) is 6.92 Å². The highest BCUT2D eigenvalue weighted by atomic mass is 19.4. The highest BCUT2D eigenvalue weighted by Gasteiger charge is 2.42. The van der Waals surface area contributed by atoms with Gasteiger partial charge < -0.3 is 19.7 Å². The van der Waals surface area contributed by atoms with Crippen LogP contribution in [0.15, 0.2) is 18.3 Å². The van der Waals surface area contributed by atoms with E-state index in [1.165, 1.54) is 0 Å². The minimum atomic E-state index is -5.04. The standard InChI is InChI=1S/C16H20F5N3O3/c1-10-8-24(2)7-5-11(10)23-14(25)15(17,18)9-26-13-12(4-3-6-22-13)27-16(19,20)21/h3-4,6,10-11H,5,7-9H2,1-2H3,(H,23,25)/t10-,11-/m0/s1. The lowest BCUT2D eigenvalue weighted by Crippen LogP contribution is -2.54. The summed E-state index contributed by atoms with van der Waals surface area (Å²) in [6.07, 6.45) is -3.47. The monoisotopic (exact) mass is 397 g/mol. The van der Waals surface area contributed by atoms with E-state index in [4.69, 9.17) is 0 Å². The molecule has 0 aromatic carbocycles. The van der Waals surface area contributed by atoms with Crippen molar-refractivity contribution in [3.05, 3.63) is 18.3 Å². The van der Waals surface area contributed by atoms with Crippen molar-refractivity contribution in [1.29, 1.82) is 0 Å². The molecule has 1 aromatic heterocycles. The minimum Gasteiger partial charge on any atom is -0.468 e. The van der Waals surface area contributed by atoms with Crippen molar-refractivity contribution in [2.45, 2.75) is 31.7 Å². The molecule has 1 amide bonds. The van der Waals surface area contributed by atoms with E-state index in [1.807, 2.05) is 18.9 Å². The Hall–Kier alpha value is -2.17. The number of alkyl halides is 5. The lowest BCUT2D eigenvalue weighted by atomic mass is 9.94. The molecule has 11 heteroatoms. The topological polar surface area (TPSA) is 63.7 Å². The molecule has 0 saturated carbocycles. The van der Waals surface area contributed by atoms with E-state index in [0.29, 0.717) is 19.5 Å². The summed E-state index contributed by atoms with van der Waals surface area (Å²) in [6.45, 7) is 1.68. The van der Waals surface area contributed by atoms with Crippen LogP contribution in [0.3, 0.4) is 0 Å². The number of halogens is 5. The van der Waals surface area contributed by atoms with E-state index in [-0.39, 0.29) is 5.92 Å². The zero-order chi connectivity index (χ0) is 20.2. The van der Waals surface area contributed by atoms with Crippen LogP contribution in [0.4, 0.5) is 22.0 Å². The smallest absolute Gasteiger partial charge is 0.468 e. The van der Waals surface area contributed by atoms with Gasteiger partial charge in [0.15, 0.2) is 12.4 Å². The zero-order valence-electron chi connectivity index (χ0n) is 14.7. The van der Waals surface area contributed by atoms with E-state index < -0.39 is 42.5 Å². The fraction of sp³-hybridized carbons (Fsp3) is 0.625. The molecule has 1 N–H and O–H groups in total. The first-order chi connectivity index (χ1) is 12.5. The molecular formula is C16H20F5N3O3. The van der Waals surface area contributed by atoms with E-state index in [9.17, 15) is 26.7 Å². The van der Waals surface area contributed by atoms with Crippen LogP contribution in [0.5, 0.6) is 11.6 Å². The van der Waals surface area contributed by atoms with Crippen molar-refractivity contribution in [1.82, 2.24) is 15.2 Å². The number of carbonyl (C=O) groups excluding carboxylic acids is 1. The van der Waals surface area contributed by atoms with E-state index in [2.05, 4.69) is 19.8 Å². The number of carbonyl (C=O) groups is 1. The van der Waals surface area contributed by atoms with Crippen molar-refractivity contribution in [2.75, 3.05) is 26.7 Å². The fourth-order valence-electron chi connectivity index (χ4n) is 2.75. The van der Waals surface area contributed by atoms with Gasteiger partial charge in [0.25, 0.3) is 11.8 Å². The summed E-state index contributed by atoms with van der Waals surface area (Å²) in [4.78, 5) is 17.4. The average molecular weight is 397 g/mol. The summed E-state index contributed by atoms with van der Waals surface area (Å²) >= 11 is 0. The Balaban J connectivity index is 1.97. The predicted molar refractivity (Wildman–Crippen MR) is 84.6 cm³/mol. The molecule has 1 saturated heterocycles. The number of rotatable bonds is 6. The molecule has 1 aliphatic heterocycles. The summed E-state index contributed by atoms with van der Waals surface area (Å²) in [5.74, 6) is -7.17. The van der Waals surface area contributed by atoms with Gasteiger partial charge in [0.2, 0.25) is 0 Å². The van der Waals surface area contributed by atoms with Gasteiger partial charge >= 0.3 is 12.3 Å². The number of hydrogen-bond donors (Lipinski definition) is 1. The molecule has 0 unspecified atom stereocenters. The quantitative estimate of drug-likeness (QED) is 0.748. The highest BCUT2D eigenvalue weighted by molar-refractivity contribution is 5.83. The Labute approximate surface area is 152 Å². The molecule has 1 aromatic rings. The second-order valence-electron chi connectivity index (χ2n) is 6.46. The SMILES string of the molecule is C[C@H]1CN(C)CC[C@@H]1NC(=O)C(F)(F)COc1ncccc1OC(F)(F)F. The Kier molecular flexibility index (Phi) is 6.45. The lowest BCUT2D eigenvalue weighted by molar-refractivity contribution is -0.275. The van der Waals surface area contributed by atoms with Crippen LogP contribution in [-0.4, -0.2) is 60.9 Å². The molecule has 6 nitrogen and oxygen atoms in total. The molecular weight excluding hydrogens is 377 g/mol. The van der Waals surface area contributed by atoms with Crippen molar-refractivity contribution >= 4 is 5.91 Å². The molecule has 1 aliphatic rings. The first-order valence-electron chi connectivity index (χ1n) is 8.19. The van der Waals surface area contributed by atoms with E-state index in [1.54, 1.807) is 0 Å². The molecule has 2 heterocycles. The van der Waals surface area contributed by atoms with Crippen LogP contribution in [0, 0.1) is 5.92 Å². The number of aromatic nitrogens is 1. The fourth-order valence-corrected chi connectivity index (χ4v) is 2.75. The van der Waals surface area contributed by atoms with Crippen molar-refractivity contribution < 1.29 is 36.2 Å². The van der Waals surface area contributed by atoms with Gasteiger partial charge in [-0.3, -0.25) is 4.79 Å². The van der Waals surface area contributed by atoms with Gasteiger partial charge in [-0.25, -0.2) is 4.98 Å². The Morgan fingerprint density at radius 2 is 2.07 bits per heavy atom. The molecule has 2 rings (SSSR count). The van der Waals surface area contributed by atoms with Crippen LogP contribution in [0.25, 0.3) is 0 Å². The molecule has 1 fully saturated rings. The van der Waals surface area contributed by atoms with Crippen LogP contribution >= 0.6 is 0 Å². The summed E-state index contributed by atoms with van der Waals surface area (Å²) in [6, 6.07) is 1.58. The van der Waals surface area contributed by atoms with Crippen LogP contribution in [0.2, 0.25) is 0 Å². The second-order valence-corrected chi connectivity index (χ2v) is 6.46. The van der Waals surface area contributed by atoms with Gasteiger partial charge in [-0.2, -0.15) is 8.78 Å². The van der Waals surface area contributed by atoms with Crippen LogP contribution < -0.4 is 14.8 Å². The number of piperidine rings is 1. The number of pyridine rings is 1.